The van der Waals surface area contributed by atoms with E-state index in [1.54, 1.807) is 46.9 Å². The van der Waals surface area contributed by atoms with Gasteiger partial charge in [0.15, 0.2) is 0 Å². The molecule has 0 amide bonds. The largest absolute Gasteiger partial charge is 0.351 e. The highest BCUT2D eigenvalue weighted by Crippen LogP contribution is 2.49. The Labute approximate surface area is 228 Å². The van der Waals surface area contributed by atoms with Crippen LogP contribution in [0.3, 0.4) is 0 Å². The number of nitrogens with zero attached hydrogens (tertiary/aromatic N) is 8. The Balaban J connectivity index is 1.49. The Morgan fingerprint density at radius 2 is 1.27 bits per heavy atom. The van der Waals surface area contributed by atoms with Gasteiger partial charge in [0.05, 0.1) is 21.1 Å². The summed E-state index contributed by atoms with van der Waals surface area (Å²) in [6, 6.07) is 17.1. The Kier molecular flexibility index (Phi) is 5.78. The predicted molar refractivity (Wildman–Crippen MR) is 152 cm³/mol. The molecule has 37 heavy (non-hydrogen) atoms. The Morgan fingerprint density at radius 1 is 0.730 bits per heavy atom. The van der Waals surface area contributed by atoms with Crippen molar-refractivity contribution in [2.75, 3.05) is 0 Å². The third-order valence-corrected chi connectivity index (χ3v) is 10.5. The molecule has 0 aliphatic rings. The van der Waals surface area contributed by atoms with E-state index in [9.17, 15) is 0 Å². The molecule has 6 rings (SSSR count). The van der Waals surface area contributed by atoms with Gasteiger partial charge in [-0.2, -0.15) is 19.3 Å². The highest BCUT2D eigenvalue weighted by atomic mass is 32.1. The molecule has 0 aliphatic carbocycles. The number of nitriles is 3. The summed E-state index contributed by atoms with van der Waals surface area (Å²) in [6.45, 7) is 7.04. The lowest BCUT2D eigenvalue weighted by atomic mass is 10.1. The number of benzene rings is 1. The van der Waals surface area contributed by atoms with Crippen LogP contribution in [0.4, 0.5) is 10.0 Å². The van der Waals surface area contributed by atoms with Gasteiger partial charge in [-0.1, -0.05) is 22.9 Å². The van der Waals surface area contributed by atoms with Crippen molar-refractivity contribution in [3.05, 3.63) is 47.8 Å². The van der Waals surface area contributed by atoms with Crippen molar-refractivity contribution in [3.63, 3.8) is 0 Å². The van der Waals surface area contributed by atoms with Crippen LogP contribution in [-0.4, -0.2) is 20.3 Å². The van der Waals surface area contributed by atoms with Crippen LogP contribution >= 0.6 is 57.1 Å². The number of amidine groups is 1. The van der Waals surface area contributed by atoms with Crippen molar-refractivity contribution in [2.24, 2.45) is 9.98 Å². The first-order valence-electron chi connectivity index (χ1n) is 10.2. The molecule has 0 unspecified atom stereocenters. The van der Waals surface area contributed by atoms with Crippen molar-refractivity contribution in [1.82, 2.24) is 8.75 Å². The molecule has 0 bridgehead atoms. The summed E-state index contributed by atoms with van der Waals surface area (Å²) in [5.74, 6) is -0.188. The highest BCUT2D eigenvalue weighted by molar-refractivity contribution is 7.33. The molecule has 0 N–H and O–H groups in total. The molecule has 0 aliphatic heterocycles. The van der Waals surface area contributed by atoms with Crippen molar-refractivity contribution < 1.29 is 0 Å². The Bertz CT molecular complexity index is 1920. The van der Waals surface area contributed by atoms with E-state index in [-0.39, 0.29) is 11.5 Å². The van der Waals surface area contributed by atoms with Crippen LogP contribution in [0.5, 0.6) is 0 Å². The van der Waals surface area contributed by atoms with Gasteiger partial charge in [0, 0.05) is 30.3 Å². The molecule has 0 saturated carbocycles. The van der Waals surface area contributed by atoms with Gasteiger partial charge in [-0.15, -0.1) is 34.0 Å². The van der Waals surface area contributed by atoms with Crippen molar-refractivity contribution in [2.45, 2.75) is 0 Å². The highest BCUT2D eigenvalue weighted by Gasteiger charge is 2.20. The van der Waals surface area contributed by atoms with Crippen LogP contribution in [0.25, 0.3) is 55.6 Å². The number of aliphatic imine (C=N–C) groups is 2. The zero-order valence-electron chi connectivity index (χ0n) is 18.1. The minimum Gasteiger partial charge on any atom is -0.351 e. The molecule has 6 aromatic rings. The predicted octanol–water partition coefficient (Wildman–Crippen LogP) is 8.17. The molecule has 5 aromatic heterocycles. The van der Waals surface area contributed by atoms with Gasteiger partial charge in [0.1, 0.15) is 34.2 Å². The zero-order chi connectivity index (χ0) is 25.5. The summed E-state index contributed by atoms with van der Waals surface area (Å²) in [5.41, 5.74) is 1.55. The lowest BCUT2D eigenvalue weighted by Gasteiger charge is -1.93. The monoisotopic (exact) mass is 566 g/mol. The number of hydrogen-bond acceptors (Lipinski definition) is 12. The Hall–Kier alpha value is -4.34. The van der Waals surface area contributed by atoms with E-state index in [2.05, 4.69) is 35.7 Å². The van der Waals surface area contributed by atoms with E-state index >= 15 is 0 Å². The summed E-state index contributed by atoms with van der Waals surface area (Å²) in [6.07, 6.45) is 0. The number of fused-ring (bicyclic) bond motifs is 6. The topological polar surface area (TPSA) is 126 Å². The number of hydrogen-bond donors (Lipinski definition) is 0. The van der Waals surface area contributed by atoms with Crippen molar-refractivity contribution in [3.8, 4) is 37.7 Å². The van der Waals surface area contributed by atoms with Gasteiger partial charge in [-0.25, -0.2) is 10.3 Å². The minimum atomic E-state index is -0.188. The molecule has 5 heterocycles. The molecule has 172 valence electrons. The summed E-state index contributed by atoms with van der Waals surface area (Å²) in [7, 11) is 0. The smallest absolute Gasteiger partial charge is 0.350 e. The molecular weight excluding hydrogens is 561 g/mol. The molecule has 0 saturated heterocycles. The summed E-state index contributed by atoms with van der Waals surface area (Å²) in [5, 5.41) is 30.3. The van der Waals surface area contributed by atoms with Crippen molar-refractivity contribution >= 4 is 110 Å². The van der Waals surface area contributed by atoms with Gasteiger partial charge in [0.25, 0.3) is 0 Å². The minimum absolute atomic E-state index is 0.173. The van der Waals surface area contributed by atoms with Crippen LogP contribution in [-0.2, 0) is 0 Å². The molecule has 8 nitrogen and oxygen atoms in total. The van der Waals surface area contributed by atoms with E-state index in [1.807, 2.05) is 18.2 Å². The van der Waals surface area contributed by atoms with Gasteiger partial charge in [-0.3, -0.25) is 0 Å². The van der Waals surface area contributed by atoms with Gasteiger partial charge < -0.3 is 4.85 Å². The molecule has 13 heteroatoms. The van der Waals surface area contributed by atoms with Gasteiger partial charge in [0.2, 0.25) is 10.7 Å². The lowest BCUT2D eigenvalue weighted by molar-refractivity contribution is 1.51. The van der Waals surface area contributed by atoms with E-state index < -0.39 is 0 Å². The number of thiophene rings is 4. The quantitative estimate of drug-likeness (QED) is 0.121. The summed E-state index contributed by atoms with van der Waals surface area (Å²) in [4.78, 5) is 15.4. The van der Waals surface area contributed by atoms with Gasteiger partial charge in [-0.05, 0) is 36.4 Å². The number of aromatic nitrogens is 2. The zero-order valence-corrected chi connectivity index (χ0v) is 22.2. The van der Waals surface area contributed by atoms with Crippen LogP contribution in [0.1, 0.15) is 0 Å². The lowest BCUT2D eigenvalue weighted by Crippen LogP contribution is -1.84. The normalized spacial score (nSPS) is 11.3. The fraction of sp³-hybridized carbons (Fsp3) is 0. The first-order valence-corrected chi connectivity index (χ1v) is 14.2. The Morgan fingerprint density at radius 3 is 1.76 bits per heavy atom. The summed E-state index contributed by atoms with van der Waals surface area (Å²) >= 11 is 7.36. The second-order valence-electron chi connectivity index (χ2n) is 7.29. The molecule has 1 aromatic carbocycles. The standard InChI is InChI=1S/C24H6N8S5/c1-28-18(10-27)30-20-5-3-15(34-20)17-7-13-22-21(31-37-32-22)12-6-16(35-23(12)24(13)36-17)14-2-4-19(33-14)29-11(8-25)9-26/h2-7H. The van der Waals surface area contributed by atoms with E-state index in [0.717, 1.165) is 50.7 Å². The maximum Gasteiger partial charge on any atom is 0.350 e. The second kappa shape index (κ2) is 9.27. The second-order valence-corrected chi connectivity index (χ2v) is 12.0. The van der Waals surface area contributed by atoms with E-state index in [4.69, 9.17) is 22.4 Å². The molecule has 0 fully saturated rings. The van der Waals surface area contributed by atoms with Crippen LogP contribution in [0, 0.1) is 40.6 Å². The van der Waals surface area contributed by atoms with E-state index in [1.165, 1.54) is 34.4 Å². The fourth-order valence-electron chi connectivity index (χ4n) is 3.66. The third-order valence-electron chi connectivity index (χ3n) is 5.19. The molecular formula is C24H6N8S5. The van der Waals surface area contributed by atoms with Crippen LogP contribution in [0.2, 0.25) is 0 Å². The first-order chi connectivity index (χ1) is 18.1. The van der Waals surface area contributed by atoms with Crippen molar-refractivity contribution in [1.29, 1.82) is 15.8 Å². The summed E-state index contributed by atoms with van der Waals surface area (Å²) < 4.78 is 11.4. The maximum atomic E-state index is 9.00. The average Bonchev–Trinajstić information content (AvgIpc) is 3.72. The van der Waals surface area contributed by atoms with E-state index in [0.29, 0.717) is 10.0 Å². The molecule has 0 atom stereocenters. The molecule has 0 radical (unpaired) electrons. The average molecular weight is 567 g/mol. The third kappa shape index (κ3) is 3.98. The number of rotatable bonds is 4. The maximum absolute atomic E-state index is 9.00. The SMILES string of the molecule is [C-]#[N+]C(C#N)=Nc1ccc(-c2cc3c4nsnc4c4cc(-c5ccc(N=C(C#N)C#N)s5)sc4c3s2)s1. The fourth-order valence-corrected chi connectivity index (χ4v) is 8.63. The first kappa shape index (κ1) is 23.1. The molecule has 0 spiro atoms. The van der Waals surface area contributed by atoms with Gasteiger partial charge >= 0.3 is 5.84 Å². The van der Waals surface area contributed by atoms with Crippen LogP contribution < -0.4 is 0 Å². The van der Waals surface area contributed by atoms with Crippen LogP contribution in [0.15, 0.2) is 46.4 Å².